The van der Waals surface area contributed by atoms with E-state index in [2.05, 4.69) is 10.6 Å². The molecule has 0 atom stereocenters. The number of halogens is 2. The van der Waals surface area contributed by atoms with E-state index < -0.39 is 0 Å². The lowest BCUT2D eigenvalue weighted by molar-refractivity contribution is 0.0948. The third kappa shape index (κ3) is 4.71. The fourth-order valence-electron chi connectivity index (χ4n) is 2.45. The maximum Gasteiger partial charge on any atom is 0.255 e. The smallest absolute Gasteiger partial charge is 0.255 e. The van der Waals surface area contributed by atoms with Crippen molar-refractivity contribution in [1.29, 1.82) is 0 Å². The number of benzene rings is 3. The number of nitrogens with one attached hydrogen (secondary N) is 2. The van der Waals surface area contributed by atoms with E-state index in [1.807, 2.05) is 0 Å². The quantitative estimate of drug-likeness (QED) is 0.674. The zero-order valence-electron chi connectivity index (χ0n) is 14.2. The van der Waals surface area contributed by atoms with Gasteiger partial charge in [-0.15, -0.1) is 0 Å². The van der Waals surface area contributed by atoms with Crippen LogP contribution in [-0.4, -0.2) is 11.8 Å². The standard InChI is InChI=1S/C21H16ClFN2O2/c22-17-6-2-4-8-19(17)25-21(27)15-11-9-14(10-12-15)20(26)24-13-16-5-1-3-7-18(16)23/h1-12H,13H2,(H,24,26)(H,25,27). The Morgan fingerprint density at radius 2 is 1.41 bits per heavy atom. The molecule has 27 heavy (non-hydrogen) atoms. The van der Waals surface area contributed by atoms with E-state index in [4.69, 9.17) is 11.6 Å². The average molecular weight is 383 g/mol. The Morgan fingerprint density at radius 1 is 0.815 bits per heavy atom. The lowest BCUT2D eigenvalue weighted by Gasteiger charge is -2.09. The van der Waals surface area contributed by atoms with E-state index in [0.29, 0.717) is 27.4 Å². The van der Waals surface area contributed by atoms with Crippen LogP contribution in [0.3, 0.4) is 0 Å². The highest BCUT2D eigenvalue weighted by Crippen LogP contribution is 2.21. The molecule has 0 unspecified atom stereocenters. The number of carbonyl (C=O) groups excluding carboxylic acids is 2. The Morgan fingerprint density at radius 3 is 2.07 bits per heavy atom. The number of hydrogen-bond donors (Lipinski definition) is 2. The molecule has 0 spiro atoms. The fraction of sp³-hybridized carbons (Fsp3) is 0.0476. The molecule has 0 aromatic heterocycles. The van der Waals surface area contributed by atoms with Gasteiger partial charge in [0.2, 0.25) is 0 Å². The molecule has 0 saturated carbocycles. The van der Waals surface area contributed by atoms with Crippen molar-refractivity contribution in [3.8, 4) is 0 Å². The topological polar surface area (TPSA) is 58.2 Å². The van der Waals surface area contributed by atoms with Crippen molar-refractivity contribution >= 4 is 29.1 Å². The van der Waals surface area contributed by atoms with Gasteiger partial charge >= 0.3 is 0 Å². The Hall–Kier alpha value is -3.18. The first-order valence-corrected chi connectivity index (χ1v) is 8.60. The Labute approximate surface area is 161 Å². The van der Waals surface area contributed by atoms with Gasteiger partial charge in [-0.25, -0.2) is 4.39 Å². The molecule has 0 heterocycles. The third-order valence-corrected chi connectivity index (χ3v) is 4.26. The molecule has 0 bridgehead atoms. The summed E-state index contributed by atoms with van der Waals surface area (Å²) in [5.74, 6) is -1.05. The number of anilines is 1. The molecule has 2 amide bonds. The first kappa shape index (κ1) is 18.6. The van der Waals surface area contributed by atoms with Crippen LogP contribution < -0.4 is 10.6 Å². The second-order valence-corrected chi connectivity index (χ2v) is 6.19. The summed E-state index contributed by atoms with van der Waals surface area (Å²) in [7, 11) is 0. The van der Waals surface area contributed by atoms with Gasteiger partial charge in [-0.2, -0.15) is 0 Å². The summed E-state index contributed by atoms with van der Waals surface area (Å²) in [4.78, 5) is 24.5. The van der Waals surface area contributed by atoms with Gasteiger partial charge in [-0.3, -0.25) is 9.59 Å². The summed E-state index contributed by atoms with van der Waals surface area (Å²) >= 11 is 6.02. The minimum Gasteiger partial charge on any atom is -0.348 e. The van der Waals surface area contributed by atoms with E-state index in [1.54, 1.807) is 54.6 Å². The summed E-state index contributed by atoms with van der Waals surface area (Å²) in [6, 6.07) is 19.3. The van der Waals surface area contributed by atoms with Crippen molar-refractivity contribution in [2.75, 3.05) is 5.32 Å². The molecule has 0 aliphatic carbocycles. The highest BCUT2D eigenvalue weighted by Gasteiger charge is 2.11. The lowest BCUT2D eigenvalue weighted by Crippen LogP contribution is -2.23. The molecule has 3 aromatic rings. The molecular formula is C21H16ClFN2O2. The van der Waals surface area contributed by atoms with Gasteiger partial charge in [0.15, 0.2) is 0 Å². The second-order valence-electron chi connectivity index (χ2n) is 5.79. The minimum absolute atomic E-state index is 0.0836. The summed E-state index contributed by atoms with van der Waals surface area (Å²) < 4.78 is 13.6. The highest BCUT2D eigenvalue weighted by molar-refractivity contribution is 6.33. The maximum atomic E-state index is 13.6. The summed E-state index contributed by atoms with van der Waals surface area (Å²) in [5.41, 5.74) is 1.68. The van der Waals surface area contributed by atoms with Crippen LogP contribution in [0.25, 0.3) is 0 Å². The molecule has 136 valence electrons. The Bertz CT molecular complexity index is 974. The molecular weight excluding hydrogens is 367 g/mol. The van der Waals surface area contributed by atoms with Crippen molar-refractivity contribution in [1.82, 2.24) is 5.32 Å². The van der Waals surface area contributed by atoms with Crippen molar-refractivity contribution in [2.45, 2.75) is 6.54 Å². The molecule has 0 fully saturated rings. The van der Waals surface area contributed by atoms with Crippen molar-refractivity contribution < 1.29 is 14.0 Å². The number of hydrogen-bond acceptors (Lipinski definition) is 2. The molecule has 0 aliphatic rings. The summed E-state index contributed by atoms with van der Waals surface area (Å²) in [6.45, 7) is 0.0836. The van der Waals surface area contributed by atoms with Gasteiger partial charge in [-0.05, 0) is 42.5 Å². The van der Waals surface area contributed by atoms with Crippen LogP contribution in [0, 0.1) is 5.82 Å². The summed E-state index contributed by atoms with van der Waals surface area (Å²) in [6.07, 6.45) is 0. The molecule has 6 heteroatoms. The zero-order valence-corrected chi connectivity index (χ0v) is 15.0. The molecule has 3 rings (SSSR count). The van der Waals surface area contributed by atoms with Gasteiger partial charge in [0.05, 0.1) is 10.7 Å². The lowest BCUT2D eigenvalue weighted by atomic mass is 10.1. The number of carbonyl (C=O) groups is 2. The van der Waals surface area contributed by atoms with Gasteiger partial charge in [-0.1, -0.05) is 41.9 Å². The van der Waals surface area contributed by atoms with Gasteiger partial charge in [0, 0.05) is 23.2 Å². The van der Waals surface area contributed by atoms with Crippen LogP contribution in [0.1, 0.15) is 26.3 Å². The number of rotatable bonds is 5. The van der Waals surface area contributed by atoms with Crippen LogP contribution in [0.4, 0.5) is 10.1 Å². The van der Waals surface area contributed by atoms with E-state index >= 15 is 0 Å². The fourth-order valence-corrected chi connectivity index (χ4v) is 2.63. The predicted octanol–water partition coefficient (Wildman–Crippen LogP) is 4.66. The van der Waals surface area contributed by atoms with Crippen LogP contribution >= 0.6 is 11.6 Å². The third-order valence-electron chi connectivity index (χ3n) is 3.93. The average Bonchev–Trinajstić information content (AvgIpc) is 2.69. The minimum atomic E-state index is -0.371. The molecule has 4 nitrogen and oxygen atoms in total. The largest absolute Gasteiger partial charge is 0.348 e. The summed E-state index contributed by atoms with van der Waals surface area (Å²) in [5, 5.41) is 5.81. The number of amides is 2. The molecule has 3 aromatic carbocycles. The SMILES string of the molecule is O=C(NCc1ccccc1F)c1ccc(C(=O)Nc2ccccc2Cl)cc1. The molecule has 2 N–H and O–H groups in total. The van der Waals surface area contributed by atoms with Crippen LogP contribution in [-0.2, 0) is 6.54 Å². The Balaban J connectivity index is 1.62. The van der Waals surface area contributed by atoms with E-state index in [1.165, 1.54) is 18.2 Å². The van der Waals surface area contributed by atoms with Crippen LogP contribution in [0.2, 0.25) is 5.02 Å². The molecule has 0 aliphatic heterocycles. The van der Waals surface area contributed by atoms with Crippen molar-refractivity contribution in [2.24, 2.45) is 0 Å². The van der Waals surface area contributed by atoms with Crippen molar-refractivity contribution in [3.63, 3.8) is 0 Å². The normalized spacial score (nSPS) is 10.3. The van der Waals surface area contributed by atoms with E-state index in [9.17, 15) is 14.0 Å². The van der Waals surface area contributed by atoms with Crippen LogP contribution in [0.15, 0.2) is 72.8 Å². The number of para-hydroxylation sites is 1. The molecule has 0 saturated heterocycles. The first-order chi connectivity index (χ1) is 13.0. The Kier molecular flexibility index (Phi) is 5.84. The van der Waals surface area contributed by atoms with E-state index in [-0.39, 0.29) is 24.2 Å². The highest BCUT2D eigenvalue weighted by atomic mass is 35.5. The second kappa shape index (κ2) is 8.47. The monoisotopic (exact) mass is 382 g/mol. The van der Waals surface area contributed by atoms with E-state index in [0.717, 1.165) is 0 Å². The maximum absolute atomic E-state index is 13.6. The predicted molar refractivity (Wildman–Crippen MR) is 103 cm³/mol. The van der Waals surface area contributed by atoms with Crippen molar-refractivity contribution in [3.05, 3.63) is 100 Å². The van der Waals surface area contributed by atoms with Crippen LogP contribution in [0.5, 0.6) is 0 Å². The molecule has 0 radical (unpaired) electrons. The van der Waals surface area contributed by atoms with Gasteiger partial charge in [0.25, 0.3) is 11.8 Å². The first-order valence-electron chi connectivity index (χ1n) is 8.22. The zero-order chi connectivity index (χ0) is 19.2. The van der Waals surface area contributed by atoms with Gasteiger partial charge in [0.1, 0.15) is 5.82 Å². The van der Waals surface area contributed by atoms with Gasteiger partial charge < -0.3 is 10.6 Å².